The first-order valence-corrected chi connectivity index (χ1v) is 20.5. The van der Waals surface area contributed by atoms with Crippen molar-refractivity contribution in [3.05, 3.63) is 12.2 Å². The summed E-state index contributed by atoms with van der Waals surface area (Å²) < 4.78 is 23.5. The lowest BCUT2D eigenvalue weighted by molar-refractivity contribution is -0.870. The van der Waals surface area contributed by atoms with Crippen LogP contribution in [0.2, 0.25) is 0 Å². The van der Waals surface area contributed by atoms with Gasteiger partial charge in [-0.3, -0.25) is 13.8 Å². The van der Waals surface area contributed by atoms with Gasteiger partial charge in [0.1, 0.15) is 13.2 Å². The SMILES string of the molecule is CCCCCCC/C=C/CCCCCCCC(=O)N[C@@H](COP(=O)(O)OCC[N+](C)(C)C)[C@H](O)CCCCCCCCCCCC. The molecule has 0 aliphatic carbocycles. The second-order valence-corrected chi connectivity index (χ2v) is 15.8. The van der Waals surface area contributed by atoms with E-state index in [2.05, 4.69) is 31.3 Å². The molecule has 0 aliphatic heterocycles. The van der Waals surface area contributed by atoms with Crippen LogP contribution in [-0.2, 0) is 18.4 Å². The Bertz CT molecular complexity index is 773. The number of hydrogen-bond donors (Lipinski definition) is 3. The first-order valence-electron chi connectivity index (χ1n) is 19.1. The largest absolute Gasteiger partial charge is 0.472 e. The molecule has 0 bridgehead atoms. The Morgan fingerprint density at radius 3 is 1.67 bits per heavy atom. The smallest absolute Gasteiger partial charge is 0.391 e. The van der Waals surface area contributed by atoms with Gasteiger partial charge >= 0.3 is 7.82 Å². The molecule has 0 aliphatic rings. The minimum absolute atomic E-state index is 0.0743. The highest BCUT2D eigenvalue weighted by Crippen LogP contribution is 2.43. The van der Waals surface area contributed by atoms with E-state index in [0.29, 0.717) is 23.9 Å². The highest BCUT2D eigenvalue weighted by molar-refractivity contribution is 7.47. The number of amides is 1. The van der Waals surface area contributed by atoms with E-state index in [1.54, 1.807) is 0 Å². The number of allylic oxidation sites excluding steroid dienone is 2. The fourth-order valence-electron chi connectivity index (χ4n) is 5.39. The molecule has 0 aromatic rings. The number of quaternary nitrogens is 1. The van der Waals surface area contributed by atoms with Crippen molar-refractivity contribution in [3.8, 4) is 0 Å². The van der Waals surface area contributed by atoms with E-state index in [1.165, 1.54) is 89.9 Å². The summed E-state index contributed by atoms with van der Waals surface area (Å²) in [6.45, 7) is 4.84. The molecule has 8 nitrogen and oxygen atoms in total. The highest BCUT2D eigenvalue weighted by Gasteiger charge is 2.28. The fourth-order valence-corrected chi connectivity index (χ4v) is 6.13. The van der Waals surface area contributed by atoms with E-state index in [0.717, 1.165) is 51.4 Å². The lowest BCUT2D eigenvalue weighted by Gasteiger charge is -2.26. The quantitative estimate of drug-likeness (QED) is 0.0272. The van der Waals surface area contributed by atoms with Crippen LogP contribution < -0.4 is 5.32 Å². The number of nitrogens with zero attached hydrogens (tertiary/aromatic N) is 1. The van der Waals surface area contributed by atoms with Crippen molar-refractivity contribution >= 4 is 13.7 Å². The van der Waals surface area contributed by atoms with Crippen molar-refractivity contribution in [1.82, 2.24) is 5.32 Å². The number of phosphoric ester groups is 1. The van der Waals surface area contributed by atoms with Gasteiger partial charge in [-0.05, 0) is 38.5 Å². The van der Waals surface area contributed by atoms with Crippen LogP contribution in [0.3, 0.4) is 0 Å². The second-order valence-electron chi connectivity index (χ2n) is 14.3. The van der Waals surface area contributed by atoms with Gasteiger partial charge < -0.3 is 19.8 Å². The molecule has 0 aromatic carbocycles. The predicted octanol–water partition coefficient (Wildman–Crippen LogP) is 9.63. The maximum atomic E-state index is 12.8. The van der Waals surface area contributed by atoms with Gasteiger partial charge in [-0.2, -0.15) is 0 Å². The van der Waals surface area contributed by atoms with E-state index >= 15 is 0 Å². The molecule has 0 saturated carbocycles. The standard InChI is InChI=1S/C37H75N2O6P/c1-6-8-10-12-14-16-18-19-20-21-23-25-27-29-31-37(41)38-35(34-45-46(42,43)44-33-32-39(3,4)5)36(40)30-28-26-24-22-17-15-13-11-9-7-2/h18-19,35-36,40H,6-17,20-34H2,1-5H3,(H-,38,41,42,43)/p+1/b19-18+/t35-,36+/m0/s1. The Kier molecular flexibility index (Phi) is 29.8. The number of rotatable bonds is 34. The zero-order valence-electron chi connectivity index (χ0n) is 30.8. The highest BCUT2D eigenvalue weighted by atomic mass is 31.2. The number of aliphatic hydroxyl groups excluding tert-OH is 1. The van der Waals surface area contributed by atoms with Crippen LogP contribution in [0, 0.1) is 0 Å². The molecular weight excluding hydrogens is 599 g/mol. The average molecular weight is 676 g/mol. The van der Waals surface area contributed by atoms with Gasteiger partial charge in [0.05, 0.1) is 39.9 Å². The van der Waals surface area contributed by atoms with Crippen molar-refractivity contribution < 1.29 is 32.9 Å². The van der Waals surface area contributed by atoms with E-state index < -0.39 is 20.0 Å². The zero-order valence-corrected chi connectivity index (χ0v) is 31.7. The third-order valence-electron chi connectivity index (χ3n) is 8.51. The van der Waals surface area contributed by atoms with Gasteiger partial charge in [0, 0.05) is 6.42 Å². The summed E-state index contributed by atoms with van der Waals surface area (Å²) in [6.07, 6.45) is 30.8. The summed E-state index contributed by atoms with van der Waals surface area (Å²) >= 11 is 0. The molecule has 3 N–H and O–H groups in total. The van der Waals surface area contributed by atoms with Gasteiger partial charge in [0.25, 0.3) is 0 Å². The zero-order chi connectivity index (χ0) is 34.4. The molecule has 46 heavy (non-hydrogen) atoms. The van der Waals surface area contributed by atoms with Crippen molar-refractivity contribution in [2.24, 2.45) is 0 Å². The molecule has 0 radical (unpaired) electrons. The Morgan fingerprint density at radius 1 is 0.717 bits per heavy atom. The molecule has 0 spiro atoms. The maximum absolute atomic E-state index is 12.8. The number of unbranched alkanes of at least 4 members (excludes halogenated alkanes) is 19. The molecule has 9 heteroatoms. The molecule has 274 valence electrons. The van der Waals surface area contributed by atoms with Gasteiger partial charge in [-0.1, -0.05) is 135 Å². The number of hydrogen-bond acceptors (Lipinski definition) is 5. The van der Waals surface area contributed by atoms with Crippen LogP contribution in [-0.4, -0.2) is 73.4 Å². The third kappa shape index (κ3) is 31.8. The number of carbonyl (C=O) groups is 1. The van der Waals surface area contributed by atoms with Gasteiger partial charge in [0.2, 0.25) is 5.91 Å². The van der Waals surface area contributed by atoms with Crippen molar-refractivity contribution in [1.29, 1.82) is 0 Å². The Labute approximate surface area is 284 Å². The molecule has 0 fully saturated rings. The summed E-state index contributed by atoms with van der Waals surface area (Å²) in [5.41, 5.74) is 0. The van der Waals surface area contributed by atoms with Crippen LogP contribution in [0.15, 0.2) is 12.2 Å². The van der Waals surface area contributed by atoms with E-state index in [1.807, 2.05) is 21.1 Å². The van der Waals surface area contributed by atoms with Crippen LogP contribution in [0.1, 0.15) is 168 Å². The number of aliphatic hydroxyl groups is 1. The first-order chi connectivity index (χ1) is 22.0. The summed E-state index contributed by atoms with van der Waals surface area (Å²) in [4.78, 5) is 23.0. The number of carbonyl (C=O) groups excluding carboxylic acids is 1. The third-order valence-corrected chi connectivity index (χ3v) is 9.50. The summed E-state index contributed by atoms with van der Waals surface area (Å²) in [6, 6.07) is -0.757. The lowest BCUT2D eigenvalue weighted by atomic mass is 10.0. The van der Waals surface area contributed by atoms with Crippen LogP contribution in [0.25, 0.3) is 0 Å². The van der Waals surface area contributed by atoms with Crippen molar-refractivity contribution in [2.45, 2.75) is 180 Å². The molecule has 0 aromatic heterocycles. The predicted molar refractivity (Wildman–Crippen MR) is 194 cm³/mol. The summed E-state index contributed by atoms with van der Waals surface area (Å²) in [7, 11) is 1.61. The fraction of sp³-hybridized carbons (Fsp3) is 0.919. The molecule has 0 rings (SSSR count). The number of phosphoric acid groups is 1. The minimum atomic E-state index is -4.30. The van der Waals surface area contributed by atoms with Crippen LogP contribution in [0.5, 0.6) is 0 Å². The second kappa shape index (κ2) is 30.3. The Hall–Kier alpha value is -0.760. The number of likely N-dealkylation sites (N-methyl/N-ethyl adjacent to an activating group) is 1. The minimum Gasteiger partial charge on any atom is -0.391 e. The lowest BCUT2D eigenvalue weighted by Crippen LogP contribution is -2.46. The normalized spacial score (nSPS) is 14.8. The van der Waals surface area contributed by atoms with Crippen molar-refractivity contribution in [2.75, 3.05) is 40.9 Å². The summed E-state index contributed by atoms with van der Waals surface area (Å²) in [5, 5.41) is 13.8. The monoisotopic (exact) mass is 676 g/mol. The van der Waals surface area contributed by atoms with Gasteiger partial charge in [-0.15, -0.1) is 0 Å². The summed E-state index contributed by atoms with van der Waals surface area (Å²) in [5.74, 6) is -0.156. The van der Waals surface area contributed by atoms with Gasteiger partial charge in [-0.25, -0.2) is 4.57 Å². The molecule has 3 atom stereocenters. The first kappa shape index (κ1) is 45.2. The molecule has 0 heterocycles. The molecular formula is C37H76N2O6P+. The Balaban J connectivity index is 4.46. The van der Waals surface area contributed by atoms with E-state index in [4.69, 9.17) is 9.05 Å². The van der Waals surface area contributed by atoms with Gasteiger partial charge in [0.15, 0.2) is 0 Å². The maximum Gasteiger partial charge on any atom is 0.472 e. The van der Waals surface area contributed by atoms with E-state index in [9.17, 15) is 19.4 Å². The molecule has 1 amide bonds. The Morgan fingerprint density at radius 2 is 1.17 bits per heavy atom. The molecule has 1 unspecified atom stereocenters. The van der Waals surface area contributed by atoms with Crippen LogP contribution >= 0.6 is 7.82 Å². The number of nitrogens with one attached hydrogen (secondary N) is 1. The molecule has 0 saturated heterocycles. The topological polar surface area (TPSA) is 105 Å². The average Bonchev–Trinajstić information content (AvgIpc) is 2.99. The van der Waals surface area contributed by atoms with E-state index in [-0.39, 0.29) is 19.1 Å². The van der Waals surface area contributed by atoms with Crippen molar-refractivity contribution in [3.63, 3.8) is 0 Å². The van der Waals surface area contributed by atoms with Crippen LogP contribution in [0.4, 0.5) is 0 Å².